The number of nitrogens with two attached hydrogens (primary N) is 1. The van der Waals surface area contributed by atoms with Crippen molar-refractivity contribution in [3.05, 3.63) is 83.8 Å². The fourth-order valence-electron chi connectivity index (χ4n) is 2.91. The first-order valence-electron chi connectivity index (χ1n) is 9.53. The molecule has 9 heteroatoms. The summed E-state index contributed by atoms with van der Waals surface area (Å²) in [5, 5.41) is 3.27. The molecule has 0 atom stereocenters. The van der Waals surface area contributed by atoms with Crippen LogP contribution in [-0.4, -0.2) is 25.4 Å². The van der Waals surface area contributed by atoms with Gasteiger partial charge in [-0.3, -0.25) is 4.79 Å². The van der Waals surface area contributed by atoms with Gasteiger partial charge in [0.15, 0.2) is 16.7 Å². The minimum Gasteiger partial charge on any atom is -0.457 e. The highest BCUT2D eigenvalue weighted by atomic mass is 35.5. The number of amides is 1. The fourth-order valence-corrected chi connectivity index (χ4v) is 3.17. The number of aromatic nitrogens is 4. The van der Waals surface area contributed by atoms with Crippen molar-refractivity contribution in [2.75, 3.05) is 5.32 Å². The molecule has 0 aliphatic heterocycles. The van der Waals surface area contributed by atoms with Crippen LogP contribution >= 0.6 is 11.6 Å². The van der Waals surface area contributed by atoms with Gasteiger partial charge in [-0.2, -0.15) is 0 Å². The number of aryl methyl sites for hydroxylation is 1. The maximum absolute atomic E-state index is 11.8. The van der Waals surface area contributed by atoms with Crippen LogP contribution in [0.5, 0.6) is 11.5 Å². The van der Waals surface area contributed by atoms with Crippen LogP contribution in [0, 0.1) is 0 Å². The fraction of sp³-hybridized carbons (Fsp3) is 0.0909. The van der Waals surface area contributed by atoms with Crippen molar-refractivity contribution >= 4 is 29.0 Å². The Morgan fingerprint density at radius 1 is 1.10 bits per heavy atom. The van der Waals surface area contributed by atoms with Crippen LogP contribution in [0.25, 0.3) is 5.69 Å². The Morgan fingerprint density at radius 3 is 2.35 bits per heavy atom. The molecule has 4 aromatic rings. The molecule has 0 saturated carbocycles. The van der Waals surface area contributed by atoms with Gasteiger partial charge in [0.2, 0.25) is 0 Å². The van der Waals surface area contributed by atoms with Crippen molar-refractivity contribution < 1.29 is 9.53 Å². The SMILES string of the molecule is CCc1nc(C(N)=O)c(Nc2ccc(Oc3ccc(-n4ccnc4)cc3)cc2)nc1Cl. The molecule has 0 saturated heterocycles. The normalized spacial score (nSPS) is 10.6. The third-order valence-electron chi connectivity index (χ3n) is 4.48. The number of benzene rings is 2. The lowest BCUT2D eigenvalue weighted by Crippen LogP contribution is -2.18. The predicted octanol–water partition coefficient (Wildman–Crippen LogP) is 4.51. The smallest absolute Gasteiger partial charge is 0.271 e. The lowest BCUT2D eigenvalue weighted by Gasteiger charge is -2.12. The average molecular weight is 435 g/mol. The average Bonchev–Trinajstić information content (AvgIpc) is 3.30. The second-order valence-electron chi connectivity index (χ2n) is 6.59. The molecule has 8 nitrogen and oxygen atoms in total. The molecule has 0 fully saturated rings. The van der Waals surface area contributed by atoms with E-state index < -0.39 is 5.91 Å². The number of anilines is 2. The summed E-state index contributed by atoms with van der Waals surface area (Å²) in [6, 6.07) is 14.8. The van der Waals surface area contributed by atoms with Crippen LogP contribution in [0.15, 0.2) is 67.3 Å². The third-order valence-corrected chi connectivity index (χ3v) is 4.78. The zero-order chi connectivity index (χ0) is 21.8. The maximum Gasteiger partial charge on any atom is 0.271 e. The number of hydrogen-bond acceptors (Lipinski definition) is 6. The molecule has 1 amide bonds. The number of halogens is 1. The van der Waals surface area contributed by atoms with Crippen molar-refractivity contribution in [3.8, 4) is 17.2 Å². The van der Waals surface area contributed by atoms with Crippen molar-refractivity contribution in [1.82, 2.24) is 19.5 Å². The summed E-state index contributed by atoms with van der Waals surface area (Å²) in [7, 11) is 0. The Bertz CT molecular complexity index is 1190. The van der Waals surface area contributed by atoms with Crippen LogP contribution in [0.3, 0.4) is 0 Å². The van der Waals surface area contributed by atoms with E-state index in [4.69, 9.17) is 22.1 Å². The van der Waals surface area contributed by atoms with Gasteiger partial charge in [0.25, 0.3) is 5.91 Å². The molecule has 0 unspecified atom stereocenters. The molecule has 2 aromatic heterocycles. The molecule has 0 spiro atoms. The number of nitrogens with one attached hydrogen (secondary N) is 1. The van der Waals surface area contributed by atoms with E-state index in [9.17, 15) is 4.79 Å². The van der Waals surface area contributed by atoms with Crippen molar-refractivity contribution in [2.45, 2.75) is 13.3 Å². The number of hydrogen-bond donors (Lipinski definition) is 2. The summed E-state index contributed by atoms with van der Waals surface area (Å²) < 4.78 is 7.80. The van der Waals surface area contributed by atoms with Crippen LogP contribution in [0.1, 0.15) is 23.1 Å². The third kappa shape index (κ3) is 4.65. The zero-order valence-corrected chi connectivity index (χ0v) is 17.4. The van der Waals surface area contributed by atoms with E-state index in [2.05, 4.69) is 20.3 Å². The van der Waals surface area contributed by atoms with Gasteiger partial charge >= 0.3 is 0 Å². The molecule has 0 aliphatic carbocycles. The van der Waals surface area contributed by atoms with Crippen LogP contribution in [0.4, 0.5) is 11.5 Å². The summed E-state index contributed by atoms with van der Waals surface area (Å²) >= 11 is 6.14. The van der Waals surface area contributed by atoms with Gasteiger partial charge in [0.1, 0.15) is 11.5 Å². The van der Waals surface area contributed by atoms with E-state index in [1.165, 1.54) is 0 Å². The van der Waals surface area contributed by atoms with Gasteiger partial charge in [-0.05, 0) is 55.0 Å². The van der Waals surface area contributed by atoms with Crippen LogP contribution in [-0.2, 0) is 6.42 Å². The first-order chi connectivity index (χ1) is 15.0. The zero-order valence-electron chi connectivity index (χ0n) is 16.6. The van der Waals surface area contributed by atoms with Gasteiger partial charge in [-0.25, -0.2) is 15.0 Å². The largest absolute Gasteiger partial charge is 0.457 e. The summed E-state index contributed by atoms with van der Waals surface area (Å²) in [6.07, 6.45) is 5.88. The first-order valence-corrected chi connectivity index (χ1v) is 9.91. The van der Waals surface area contributed by atoms with Crippen molar-refractivity contribution in [1.29, 1.82) is 0 Å². The quantitative estimate of drug-likeness (QED) is 0.443. The lowest BCUT2D eigenvalue weighted by molar-refractivity contribution is 0.0996. The molecule has 31 heavy (non-hydrogen) atoms. The molecular weight excluding hydrogens is 416 g/mol. The first kappa shape index (κ1) is 20.4. The van der Waals surface area contributed by atoms with E-state index in [-0.39, 0.29) is 16.7 Å². The highest BCUT2D eigenvalue weighted by molar-refractivity contribution is 6.30. The van der Waals surface area contributed by atoms with E-state index in [1.807, 2.05) is 42.0 Å². The van der Waals surface area contributed by atoms with Gasteiger partial charge in [-0.1, -0.05) is 18.5 Å². The maximum atomic E-state index is 11.8. The van der Waals surface area contributed by atoms with E-state index >= 15 is 0 Å². The van der Waals surface area contributed by atoms with Crippen LogP contribution in [0.2, 0.25) is 5.15 Å². The predicted molar refractivity (Wildman–Crippen MR) is 118 cm³/mol. The standard InChI is InChI=1S/C22H19ClN6O2/c1-2-18-20(23)28-22(19(27-18)21(24)30)26-14-3-7-16(8-4-14)31-17-9-5-15(6-10-17)29-12-11-25-13-29/h3-13H,2H2,1H3,(H2,24,30)(H,26,28). The molecule has 0 aliphatic rings. The number of ether oxygens (including phenoxy) is 1. The van der Waals surface area contributed by atoms with Gasteiger partial charge in [0, 0.05) is 23.8 Å². The summed E-state index contributed by atoms with van der Waals surface area (Å²) in [6.45, 7) is 1.87. The van der Waals surface area contributed by atoms with E-state index in [0.29, 0.717) is 29.3 Å². The number of nitrogens with zero attached hydrogens (tertiary/aromatic N) is 4. The van der Waals surface area contributed by atoms with Crippen LogP contribution < -0.4 is 15.8 Å². The molecule has 156 valence electrons. The van der Waals surface area contributed by atoms with E-state index in [1.54, 1.807) is 36.8 Å². The lowest BCUT2D eigenvalue weighted by atomic mass is 10.2. The molecule has 0 bridgehead atoms. The number of primary amides is 1. The van der Waals surface area contributed by atoms with Gasteiger partial charge in [0.05, 0.1) is 12.0 Å². The Balaban J connectivity index is 1.48. The summed E-state index contributed by atoms with van der Waals surface area (Å²) in [5.74, 6) is 0.883. The Labute approximate surface area is 183 Å². The Hall–Kier alpha value is -3.91. The second-order valence-corrected chi connectivity index (χ2v) is 6.95. The Kier molecular flexibility index (Phi) is 5.81. The van der Waals surface area contributed by atoms with Crippen molar-refractivity contribution in [3.63, 3.8) is 0 Å². The molecule has 3 N–H and O–H groups in total. The highest BCUT2D eigenvalue weighted by Gasteiger charge is 2.16. The molecule has 4 rings (SSSR count). The molecule has 0 radical (unpaired) electrons. The van der Waals surface area contributed by atoms with Gasteiger partial charge in [-0.15, -0.1) is 0 Å². The number of carbonyl (C=O) groups excluding carboxylic acids is 1. The second kappa shape index (κ2) is 8.85. The molecule has 2 heterocycles. The number of imidazole rings is 1. The number of carbonyl (C=O) groups is 1. The van der Waals surface area contributed by atoms with Crippen molar-refractivity contribution in [2.24, 2.45) is 5.73 Å². The monoisotopic (exact) mass is 434 g/mol. The number of rotatable bonds is 7. The molecular formula is C22H19ClN6O2. The Morgan fingerprint density at radius 2 is 1.77 bits per heavy atom. The molecule has 2 aromatic carbocycles. The highest BCUT2D eigenvalue weighted by Crippen LogP contribution is 2.26. The summed E-state index contributed by atoms with van der Waals surface area (Å²) in [5.41, 5.74) is 7.67. The minimum absolute atomic E-state index is 0.0413. The van der Waals surface area contributed by atoms with Gasteiger partial charge < -0.3 is 20.4 Å². The summed E-state index contributed by atoms with van der Waals surface area (Å²) in [4.78, 5) is 24.3. The van der Waals surface area contributed by atoms with E-state index in [0.717, 1.165) is 5.69 Å². The minimum atomic E-state index is -0.680. The topological polar surface area (TPSA) is 108 Å².